The smallest absolute Gasteiger partial charge is 0.165 e. The molecule has 2 aromatic rings. The molecule has 0 radical (unpaired) electrons. The van der Waals surface area contributed by atoms with Crippen LogP contribution in [-0.4, -0.2) is 18.2 Å². The number of fused-ring (bicyclic) bond motifs is 1. The van der Waals surface area contributed by atoms with Gasteiger partial charge in [-0.15, -0.1) is 11.3 Å². The molecule has 5 heteroatoms. The summed E-state index contributed by atoms with van der Waals surface area (Å²) in [5.74, 6) is 1.72. The topological polar surface area (TPSA) is 43.4 Å². The first kappa shape index (κ1) is 12.4. The van der Waals surface area contributed by atoms with Gasteiger partial charge >= 0.3 is 0 Å². The molecule has 2 heterocycles. The van der Waals surface area contributed by atoms with E-state index >= 15 is 0 Å². The number of aromatic nitrogens is 1. The van der Waals surface area contributed by atoms with Gasteiger partial charge < -0.3 is 14.8 Å². The van der Waals surface area contributed by atoms with Gasteiger partial charge in [0.25, 0.3) is 0 Å². The van der Waals surface area contributed by atoms with E-state index in [0.717, 1.165) is 35.2 Å². The SMILES string of the molecule is Cc1cnc(CNCc2cccc3c2OCCO3)s1. The van der Waals surface area contributed by atoms with Crippen molar-refractivity contribution in [3.63, 3.8) is 0 Å². The van der Waals surface area contributed by atoms with Crippen LogP contribution in [-0.2, 0) is 13.1 Å². The number of ether oxygens (including phenoxy) is 2. The molecule has 0 saturated heterocycles. The third-order valence-corrected chi connectivity index (χ3v) is 3.82. The molecule has 1 aliphatic rings. The first-order chi connectivity index (χ1) is 9.33. The van der Waals surface area contributed by atoms with Crippen LogP contribution in [0.1, 0.15) is 15.4 Å². The lowest BCUT2D eigenvalue weighted by Gasteiger charge is -2.21. The predicted octanol–water partition coefficient (Wildman–Crippen LogP) is 2.51. The quantitative estimate of drug-likeness (QED) is 0.932. The first-order valence-corrected chi connectivity index (χ1v) is 7.14. The zero-order valence-electron chi connectivity index (χ0n) is 10.8. The molecule has 1 N–H and O–H groups in total. The highest BCUT2D eigenvalue weighted by Gasteiger charge is 2.15. The van der Waals surface area contributed by atoms with Gasteiger partial charge in [0.05, 0.1) is 0 Å². The van der Waals surface area contributed by atoms with Crippen LogP contribution in [0.5, 0.6) is 11.5 Å². The van der Waals surface area contributed by atoms with E-state index < -0.39 is 0 Å². The summed E-state index contributed by atoms with van der Waals surface area (Å²) in [6.07, 6.45) is 1.91. The monoisotopic (exact) mass is 276 g/mol. The summed E-state index contributed by atoms with van der Waals surface area (Å²) in [5.41, 5.74) is 1.13. The first-order valence-electron chi connectivity index (χ1n) is 6.32. The number of nitrogens with one attached hydrogen (secondary N) is 1. The zero-order chi connectivity index (χ0) is 13.1. The molecule has 1 aromatic heterocycles. The highest BCUT2D eigenvalue weighted by molar-refractivity contribution is 7.11. The predicted molar refractivity (Wildman–Crippen MR) is 74.8 cm³/mol. The summed E-state index contributed by atoms with van der Waals surface area (Å²) in [6.45, 7) is 4.85. The number of hydrogen-bond donors (Lipinski definition) is 1. The summed E-state index contributed by atoms with van der Waals surface area (Å²) in [6, 6.07) is 6.01. The van der Waals surface area contributed by atoms with Crippen LogP contribution in [0, 0.1) is 6.92 Å². The summed E-state index contributed by atoms with van der Waals surface area (Å²) in [7, 11) is 0. The maximum atomic E-state index is 5.68. The molecule has 0 atom stereocenters. The molecular formula is C14H16N2O2S. The molecule has 3 rings (SSSR count). The normalized spacial score (nSPS) is 13.5. The maximum absolute atomic E-state index is 5.68. The van der Waals surface area contributed by atoms with Crippen molar-refractivity contribution < 1.29 is 9.47 Å². The number of hydrogen-bond acceptors (Lipinski definition) is 5. The Labute approximate surface area is 116 Å². The Hall–Kier alpha value is -1.59. The summed E-state index contributed by atoms with van der Waals surface area (Å²) in [4.78, 5) is 5.58. The van der Waals surface area contributed by atoms with Crippen LogP contribution in [0.25, 0.3) is 0 Å². The van der Waals surface area contributed by atoms with Crippen molar-refractivity contribution in [3.8, 4) is 11.5 Å². The van der Waals surface area contributed by atoms with Gasteiger partial charge in [-0.3, -0.25) is 0 Å². The van der Waals surface area contributed by atoms with Crippen molar-refractivity contribution in [2.24, 2.45) is 0 Å². The van der Waals surface area contributed by atoms with Crippen molar-refractivity contribution in [1.82, 2.24) is 10.3 Å². The van der Waals surface area contributed by atoms with E-state index in [0.29, 0.717) is 13.2 Å². The van der Waals surface area contributed by atoms with Crippen LogP contribution in [0.3, 0.4) is 0 Å². The number of nitrogens with zero attached hydrogens (tertiary/aromatic N) is 1. The minimum Gasteiger partial charge on any atom is -0.486 e. The van der Waals surface area contributed by atoms with Gasteiger partial charge in [0.15, 0.2) is 11.5 Å². The van der Waals surface area contributed by atoms with Gasteiger partial charge in [-0.05, 0) is 13.0 Å². The Morgan fingerprint density at radius 1 is 1.26 bits per heavy atom. The zero-order valence-corrected chi connectivity index (χ0v) is 11.6. The Morgan fingerprint density at radius 3 is 3.00 bits per heavy atom. The molecule has 0 fully saturated rings. The van der Waals surface area contributed by atoms with Crippen LogP contribution in [0.15, 0.2) is 24.4 Å². The molecule has 0 saturated carbocycles. The maximum Gasteiger partial charge on any atom is 0.165 e. The Balaban J connectivity index is 1.64. The van der Waals surface area contributed by atoms with Crippen molar-refractivity contribution in [2.45, 2.75) is 20.0 Å². The van der Waals surface area contributed by atoms with Gasteiger partial charge in [-0.2, -0.15) is 0 Å². The second kappa shape index (κ2) is 5.59. The number of rotatable bonds is 4. The summed E-state index contributed by atoms with van der Waals surface area (Å²) < 4.78 is 11.3. The van der Waals surface area contributed by atoms with Crippen LogP contribution < -0.4 is 14.8 Å². The van der Waals surface area contributed by atoms with Crippen LogP contribution >= 0.6 is 11.3 Å². The Bertz CT molecular complexity index is 568. The fraction of sp³-hybridized carbons (Fsp3) is 0.357. The van der Waals surface area contributed by atoms with E-state index in [2.05, 4.69) is 23.3 Å². The van der Waals surface area contributed by atoms with Crippen molar-refractivity contribution in [1.29, 1.82) is 0 Å². The lowest BCUT2D eigenvalue weighted by Crippen LogP contribution is -2.19. The molecule has 19 heavy (non-hydrogen) atoms. The molecule has 1 aliphatic heterocycles. The summed E-state index contributed by atoms with van der Waals surface area (Å²) in [5, 5.41) is 4.50. The van der Waals surface area contributed by atoms with Gasteiger partial charge in [-0.25, -0.2) is 4.98 Å². The van der Waals surface area contributed by atoms with E-state index in [1.807, 2.05) is 18.3 Å². The van der Waals surface area contributed by atoms with E-state index in [9.17, 15) is 0 Å². The number of thiazole rings is 1. The Kier molecular flexibility index (Phi) is 3.66. The minimum atomic E-state index is 0.621. The summed E-state index contributed by atoms with van der Waals surface area (Å²) >= 11 is 1.72. The molecule has 0 spiro atoms. The third kappa shape index (κ3) is 2.88. The minimum absolute atomic E-state index is 0.621. The molecule has 0 amide bonds. The molecule has 0 unspecified atom stereocenters. The highest BCUT2D eigenvalue weighted by Crippen LogP contribution is 2.33. The van der Waals surface area contributed by atoms with Crippen molar-refractivity contribution in [2.75, 3.05) is 13.2 Å². The third-order valence-electron chi connectivity index (χ3n) is 2.91. The highest BCUT2D eigenvalue weighted by atomic mass is 32.1. The standard InChI is InChI=1S/C14H16N2O2S/c1-10-7-16-13(19-10)9-15-8-11-3-2-4-12-14(11)18-6-5-17-12/h2-4,7,15H,5-6,8-9H2,1H3. The van der Waals surface area contributed by atoms with E-state index in [-0.39, 0.29) is 0 Å². The number of benzene rings is 1. The fourth-order valence-electron chi connectivity index (χ4n) is 2.06. The lowest BCUT2D eigenvalue weighted by atomic mass is 10.1. The fourth-order valence-corrected chi connectivity index (χ4v) is 2.82. The van der Waals surface area contributed by atoms with Crippen LogP contribution in [0.2, 0.25) is 0 Å². The molecule has 1 aromatic carbocycles. The molecule has 0 bridgehead atoms. The van der Waals surface area contributed by atoms with Gasteiger partial charge in [0.1, 0.15) is 18.2 Å². The molecular weight excluding hydrogens is 260 g/mol. The largest absolute Gasteiger partial charge is 0.486 e. The molecule has 4 nitrogen and oxygen atoms in total. The molecule has 0 aliphatic carbocycles. The molecule has 100 valence electrons. The van der Waals surface area contributed by atoms with Crippen molar-refractivity contribution >= 4 is 11.3 Å². The van der Waals surface area contributed by atoms with Gasteiger partial charge in [0.2, 0.25) is 0 Å². The number of para-hydroxylation sites is 1. The van der Waals surface area contributed by atoms with Crippen molar-refractivity contribution in [3.05, 3.63) is 39.8 Å². The second-order valence-electron chi connectivity index (χ2n) is 4.41. The second-order valence-corrected chi connectivity index (χ2v) is 5.73. The average molecular weight is 276 g/mol. The lowest BCUT2D eigenvalue weighted by molar-refractivity contribution is 0.169. The van der Waals surface area contributed by atoms with Crippen LogP contribution in [0.4, 0.5) is 0 Å². The van der Waals surface area contributed by atoms with E-state index in [1.54, 1.807) is 11.3 Å². The van der Waals surface area contributed by atoms with E-state index in [4.69, 9.17) is 9.47 Å². The Morgan fingerprint density at radius 2 is 2.16 bits per heavy atom. The van der Waals surface area contributed by atoms with Gasteiger partial charge in [0, 0.05) is 29.7 Å². The number of aryl methyl sites for hydroxylation is 1. The van der Waals surface area contributed by atoms with E-state index in [1.165, 1.54) is 4.88 Å². The average Bonchev–Trinajstić information content (AvgIpc) is 2.85. The van der Waals surface area contributed by atoms with Gasteiger partial charge in [-0.1, -0.05) is 12.1 Å².